The van der Waals surface area contributed by atoms with E-state index in [1.54, 1.807) is 18.3 Å². The van der Waals surface area contributed by atoms with Crippen molar-refractivity contribution < 1.29 is 18.6 Å². The Morgan fingerprint density at radius 3 is 2.80 bits per heavy atom. The van der Waals surface area contributed by atoms with Crippen molar-refractivity contribution in [3.63, 3.8) is 0 Å². The highest BCUT2D eigenvalue weighted by Gasteiger charge is 2.49. The summed E-state index contributed by atoms with van der Waals surface area (Å²) in [6, 6.07) is 11.9. The van der Waals surface area contributed by atoms with Crippen LogP contribution in [0.5, 0.6) is 11.6 Å². The number of aryl methyl sites for hydroxylation is 1. The number of nitrogens with one attached hydrogen (secondary N) is 1. The number of alkyl halides is 1. The summed E-state index contributed by atoms with van der Waals surface area (Å²) in [5.74, 6) is -0.547. The van der Waals surface area contributed by atoms with Crippen molar-refractivity contribution in [1.29, 1.82) is 5.26 Å². The van der Waals surface area contributed by atoms with Gasteiger partial charge in [-0.3, -0.25) is 9.88 Å². The number of halogens is 2. The van der Waals surface area contributed by atoms with Gasteiger partial charge in [-0.25, -0.2) is 13.8 Å². The summed E-state index contributed by atoms with van der Waals surface area (Å²) in [7, 11) is 0. The minimum atomic E-state index is -0.919. The zero-order chi connectivity index (χ0) is 30.9. The number of anilines is 1. The quantitative estimate of drug-likeness (QED) is 0.290. The molecule has 2 N–H and O–H groups in total. The SMILES string of the molecule is CCc1cccc2cc(O)cc(-c3ncc4c(N5CC6CCC(C5)N6)c(C#N)c(OC[C@@]56CCCN5C[C@H](F)C6)nc4c3F)c12. The zero-order valence-electron chi connectivity index (χ0n) is 25.3. The molecule has 232 valence electrons. The molecule has 4 aliphatic rings. The zero-order valence-corrected chi connectivity index (χ0v) is 25.3. The molecule has 0 radical (unpaired) electrons. The van der Waals surface area contributed by atoms with Gasteiger partial charge in [0, 0.05) is 55.3 Å². The fraction of sp³-hybridized carbons (Fsp3) is 0.457. The molecule has 4 aromatic rings. The first-order valence-electron chi connectivity index (χ1n) is 16.1. The Morgan fingerprint density at radius 1 is 1.20 bits per heavy atom. The lowest BCUT2D eigenvalue weighted by molar-refractivity contribution is 0.110. The van der Waals surface area contributed by atoms with E-state index < -0.39 is 17.5 Å². The molecule has 0 amide bonds. The highest BCUT2D eigenvalue weighted by Crippen LogP contribution is 2.44. The molecule has 8 nitrogen and oxygen atoms in total. The van der Waals surface area contributed by atoms with Crippen LogP contribution in [-0.2, 0) is 6.42 Å². The molecule has 8 rings (SSSR count). The van der Waals surface area contributed by atoms with Gasteiger partial charge in [-0.1, -0.05) is 25.1 Å². The van der Waals surface area contributed by atoms with Crippen molar-refractivity contribution in [3.05, 3.63) is 53.5 Å². The van der Waals surface area contributed by atoms with E-state index in [-0.39, 0.29) is 47.1 Å². The number of hydrogen-bond acceptors (Lipinski definition) is 8. The van der Waals surface area contributed by atoms with Crippen LogP contribution in [0.2, 0.25) is 0 Å². The molecule has 2 bridgehead atoms. The summed E-state index contributed by atoms with van der Waals surface area (Å²) in [4.78, 5) is 13.7. The van der Waals surface area contributed by atoms with Gasteiger partial charge in [-0.15, -0.1) is 0 Å². The second-order valence-electron chi connectivity index (χ2n) is 13.2. The average molecular weight is 611 g/mol. The van der Waals surface area contributed by atoms with Crippen molar-refractivity contribution in [2.45, 2.75) is 69.2 Å². The smallest absolute Gasteiger partial charge is 0.234 e. The number of aromatic nitrogens is 2. The standard InChI is InChI=1S/C35H36F2N6O2/c1-2-20-5-3-6-21-11-25(44)12-26(29(20)21)31-30(37)32-28(15-39-31)33(42-17-23-7-8-24(18-42)40-23)27(14-38)34(41-32)45-19-35-9-4-10-43(35)16-22(36)13-35/h3,5-6,11-12,15,22-24,40,44H,2,4,7-10,13,16-19H2,1H3/t22-,23?,24?,35+/m1/s1. The number of piperazine rings is 1. The Bertz CT molecular complexity index is 1870. The van der Waals surface area contributed by atoms with Crippen LogP contribution in [-0.4, -0.2) is 76.6 Å². The van der Waals surface area contributed by atoms with Gasteiger partial charge in [0.1, 0.15) is 41.4 Å². The van der Waals surface area contributed by atoms with Crippen molar-refractivity contribution in [3.8, 4) is 29.0 Å². The van der Waals surface area contributed by atoms with E-state index in [0.29, 0.717) is 42.7 Å². The molecule has 45 heavy (non-hydrogen) atoms. The van der Waals surface area contributed by atoms with Gasteiger partial charge in [0.25, 0.3) is 0 Å². The molecule has 4 aliphatic heterocycles. The molecule has 4 fully saturated rings. The van der Waals surface area contributed by atoms with Gasteiger partial charge in [0.05, 0.1) is 11.2 Å². The number of aromatic hydroxyl groups is 1. The lowest BCUT2D eigenvalue weighted by Crippen LogP contribution is -2.51. The van der Waals surface area contributed by atoms with Crippen molar-refractivity contribution in [2.75, 3.05) is 37.7 Å². The van der Waals surface area contributed by atoms with E-state index >= 15 is 4.39 Å². The number of nitriles is 1. The van der Waals surface area contributed by atoms with Gasteiger partial charge in [-0.2, -0.15) is 5.26 Å². The van der Waals surface area contributed by atoms with Crippen LogP contribution in [0.3, 0.4) is 0 Å². The first-order chi connectivity index (χ1) is 21.9. The number of nitrogens with zero attached hydrogens (tertiary/aromatic N) is 5. The van der Waals surface area contributed by atoms with Crippen LogP contribution in [0.25, 0.3) is 32.9 Å². The number of hydrogen-bond donors (Lipinski definition) is 2. The number of ether oxygens (including phenoxy) is 1. The Morgan fingerprint density at radius 2 is 2.02 bits per heavy atom. The first-order valence-corrected chi connectivity index (χ1v) is 16.1. The Hall–Kier alpha value is -4.07. The lowest BCUT2D eigenvalue weighted by atomic mass is 9.94. The number of benzene rings is 2. The highest BCUT2D eigenvalue weighted by atomic mass is 19.1. The van der Waals surface area contributed by atoms with Crippen LogP contribution in [0.15, 0.2) is 36.5 Å². The summed E-state index contributed by atoms with van der Waals surface area (Å²) in [6.45, 7) is 4.77. The summed E-state index contributed by atoms with van der Waals surface area (Å²) in [5, 5.41) is 26.9. The number of fused-ring (bicyclic) bond motifs is 5. The molecule has 0 saturated carbocycles. The minimum absolute atomic E-state index is 0.0175. The van der Waals surface area contributed by atoms with Gasteiger partial charge < -0.3 is 20.1 Å². The highest BCUT2D eigenvalue weighted by molar-refractivity contribution is 6.02. The fourth-order valence-electron chi connectivity index (χ4n) is 8.48. The summed E-state index contributed by atoms with van der Waals surface area (Å²) in [5.41, 5.74) is 2.03. The third kappa shape index (κ3) is 4.59. The Kier molecular flexibility index (Phi) is 6.80. The average Bonchev–Trinajstić information content (AvgIpc) is 3.68. The molecule has 4 saturated heterocycles. The third-order valence-corrected chi connectivity index (χ3v) is 10.5. The number of pyridine rings is 2. The van der Waals surface area contributed by atoms with Crippen molar-refractivity contribution in [1.82, 2.24) is 20.2 Å². The lowest BCUT2D eigenvalue weighted by Gasteiger charge is -2.36. The van der Waals surface area contributed by atoms with Gasteiger partial charge >= 0.3 is 0 Å². The topological polar surface area (TPSA) is 97.5 Å². The third-order valence-electron chi connectivity index (χ3n) is 10.5. The normalized spacial score (nSPS) is 26.1. The van der Waals surface area contributed by atoms with E-state index in [1.807, 2.05) is 25.1 Å². The monoisotopic (exact) mass is 610 g/mol. The molecule has 2 aromatic heterocycles. The van der Waals surface area contributed by atoms with E-state index in [9.17, 15) is 14.8 Å². The second kappa shape index (κ2) is 10.8. The van der Waals surface area contributed by atoms with E-state index in [4.69, 9.17) is 9.72 Å². The van der Waals surface area contributed by atoms with Crippen LogP contribution in [0, 0.1) is 17.1 Å². The largest absolute Gasteiger partial charge is 0.508 e. The summed E-state index contributed by atoms with van der Waals surface area (Å²) < 4.78 is 37.9. The molecule has 10 heteroatoms. The summed E-state index contributed by atoms with van der Waals surface area (Å²) in [6.07, 6.45) is 5.64. The van der Waals surface area contributed by atoms with Crippen LogP contribution >= 0.6 is 0 Å². The van der Waals surface area contributed by atoms with Gasteiger partial charge in [-0.05, 0) is 67.1 Å². The first kappa shape index (κ1) is 28.4. The van der Waals surface area contributed by atoms with Gasteiger partial charge in [0.2, 0.25) is 5.88 Å². The number of phenols is 1. The summed E-state index contributed by atoms with van der Waals surface area (Å²) >= 11 is 0. The maximum Gasteiger partial charge on any atom is 0.234 e. The fourth-order valence-corrected chi connectivity index (χ4v) is 8.48. The Balaban J connectivity index is 1.31. The molecule has 6 heterocycles. The van der Waals surface area contributed by atoms with Crippen LogP contribution < -0.4 is 15.0 Å². The maximum absolute atomic E-state index is 17.0. The Labute approximate surface area is 260 Å². The molecular formula is C35H36F2N6O2. The van der Waals surface area contributed by atoms with Crippen LogP contribution in [0.4, 0.5) is 14.5 Å². The molecule has 2 aromatic carbocycles. The van der Waals surface area contributed by atoms with Crippen LogP contribution in [0.1, 0.15) is 50.2 Å². The van der Waals surface area contributed by atoms with Gasteiger partial charge in [0.15, 0.2) is 5.82 Å². The molecule has 2 unspecified atom stereocenters. The van der Waals surface area contributed by atoms with E-state index in [0.717, 1.165) is 55.0 Å². The predicted octanol–water partition coefficient (Wildman–Crippen LogP) is 5.62. The second-order valence-corrected chi connectivity index (χ2v) is 13.2. The minimum Gasteiger partial charge on any atom is -0.508 e. The van der Waals surface area contributed by atoms with E-state index in [2.05, 4.69) is 26.2 Å². The van der Waals surface area contributed by atoms with E-state index in [1.165, 1.54) is 0 Å². The van der Waals surface area contributed by atoms with Crippen molar-refractivity contribution in [2.24, 2.45) is 0 Å². The number of phenolic OH excluding ortho intramolecular Hbond substituents is 1. The molecule has 0 spiro atoms. The number of rotatable bonds is 6. The predicted molar refractivity (Wildman–Crippen MR) is 169 cm³/mol. The molecule has 0 aliphatic carbocycles. The maximum atomic E-state index is 17.0. The molecular weight excluding hydrogens is 574 g/mol. The molecule has 4 atom stereocenters. The van der Waals surface area contributed by atoms with Crippen molar-refractivity contribution >= 4 is 27.4 Å².